The van der Waals surface area contributed by atoms with E-state index in [1.165, 1.54) is 17.3 Å². The van der Waals surface area contributed by atoms with Crippen LogP contribution < -0.4 is 10.1 Å². The first-order chi connectivity index (χ1) is 16.4. The van der Waals surface area contributed by atoms with E-state index >= 15 is 0 Å². The monoisotopic (exact) mass is 516 g/mol. The standard InChI is InChI=1S/C25H25ClN2O4S2/c1-2-16-5-8-18(9-6-16)27-23(29)15-32-21-10-7-17(12-20(21)26)13-22-24(30)28(25(33)34-22)14-19-4-3-11-31-19/h5-10,12-13,19H,2-4,11,14-15H2,1H3,(H,27,29)/b22-13-/t19-/m0/s1. The SMILES string of the molecule is CCc1ccc(NC(=O)COc2ccc(/C=C3\SC(=S)N(C[C@@H]4CCCO4)C3=O)cc2Cl)cc1. The van der Waals surface area contributed by atoms with Crippen LogP contribution in [-0.4, -0.2) is 46.9 Å². The van der Waals surface area contributed by atoms with Gasteiger partial charge in [-0.15, -0.1) is 0 Å². The fourth-order valence-corrected chi connectivity index (χ4v) is 5.21. The molecule has 2 saturated heterocycles. The molecule has 0 aliphatic carbocycles. The van der Waals surface area contributed by atoms with E-state index < -0.39 is 0 Å². The summed E-state index contributed by atoms with van der Waals surface area (Å²) in [5.41, 5.74) is 2.66. The van der Waals surface area contributed by atoms with Crippen LogP contribution in [0.5, 0.6) is 5.75 Å². The Hall–Kier alpha value is -2.39. The molecule has 0 spiro atoms. The van der Waals surface area contributed by atoms with Crippen molar-refractivity contribution in [1.82, 2.24) is 4.90 Å². The number of thiocarbonyl (C=S) groups is 1. The van der Waals surface area contributed by atoms with Crippen LogP contribution in [0.15, 0.2) is 47.4 Å². The molecule has 2 amide bonds. The smallest absolute Gasteiger partial charge is 0.266 e. The summed E-state index contributed by atoms with van der Waals surface area (Å²) in [7, 11) is 0. The second kappa shape index (κ2) is 11.4. The highest BCUT2D eigenvalue weighted by atomic mass is 35.5. The zero-order valence-electron chi connectivity index (χ0n) is 18.7. The number of thioether (sulfide) groups is 1. The van der Waals surface area contributed by atoms with Crippen LogP contribution in [0.25, 0.3) is 6.08 Å². The van der Waals surface area contributed by atoms with Crippen LogP contribution in [0, 0.1) is 0 Å². The van der Waals surface area contributed by atoms with Crippen LogP contribution in [0.1, 0.15) is 30.9 Å². The van der Waals surface area contributed by atoms with Crippen LogP contribution in [0.3, 0.4) is 0 Å². The van der Waals surface area contributed by atoms with Crippen molar-refractivity contribution in [2.45, 2.75) is 32.3 Å². The van der Waals surface area contributed by atoms with Gasteiger partial charge in [0, 0.05) is 12.3 Å². The Morgan fingerprint density at radius 2 is 2.12 bits per heavy atom. The Bertz CT molecular complexity index is 1110. The zero-order chi connectivity index (χ0) is 24.1. The molecule has 2 aliphatic rings. The molecule has 2 aromatic rings. The molecule has 178 valence electrons. The molecule has 2 aliphatic heterocycles. The van der Waals surface area contributed by atoms with Crippen molar-refractivity contribution in [1.29, 1.82) is 0 Å². The summed E-state index contributed by atoms with van der Waals surface area (Å²) >= 11 is 13.0. The molecule has 2 aromatic carbocycles. The largest absolute Gasteiger partial charge is 0.482 e. The highest BCUT2D eigenvalue weighted by molar-refractivity contribution is 8.26. The lowest BCUT2D eigenvalue weighted by atomic mass is 10.1. The van der Waals surface area contributed by atoms with E-state index in [9.17, 15) is 9.59 Å². The minimum atomic E-state index is -0.278. The number of benzene rings is 2. The van der Waals surface area contributed by atoms with Gasteiger partial charge in [0.25, 0.3) is 11.8 Å². The van der Waals surface area contributed by atoms with Crippen LogP contribution in [0.4, 0.5) is 5.69 Å². The van der Waals surface area contributed by atoms with E-state index in [1.807, 2.05) is 24.3 Å². The maximum absolute atomic E-state index is 12.8. The molecule has 1 N–H and O–H groups in total. The first-order valence-corrected chi connectivity index (χ1v) is 12.7. The van der Waals surface area contributed by atoms with Crippen molar-refractivity contribution >= 4 is 63.5 Å². The van der Waals surface area contributed by atoms with Crippen molar-refractivity contribution in [2.24, 2.45) is 0 Å². The molecule has 2 fully saturated rings. The number of rotatable bonds is 8. The maximum atomic E-state index is 12.8. The molecule has 4 rings (SSSR count). The average molecular weight is 517 g/mol. The molecule has 9 heteroatoms. The van der Waals surface area contributed by atoms with Gasteiger partial charge in [-0.3, -0.25) is 14.5 Å². The summed E-state index contributed by atoms with van der Waals surface area (Å²) in [6, 6.07) is 12.8. The van der Waals surface area contributed by atoms with E-state index in [4.69, 9.17) is 33.3 Å². The van der Waals surface area contributed by atoms with Crippen molar-refractivity contribution < 1.29 is 19.1 Å². The molecule has 34 heavy (non-hydrogen) atoms. The molecular formula is C25H25ClN2O4S2. The van der Waals surface area contributed by atoms with Gasteiger partial charge in [0.1, 0.15) is 10.1 Å². The van der Waals surface area contributed by atoms with E-state index in [0.29, 0.717) is 32.2 Å². The normalized spacial score (nSPS) is 19.2. The third kappa shape index (κ3) is 6.18. The summed E-state index contributed by atoms with van der Waals surface area (Å²) in [6.07, 6.45) is 4.69. The summed E-state index contributed by atoms with van der Waals surface area (Å²) in [4.78, 5) is 27.2. The van der Waals surface area contributed by atoms with Gasteiger partial charge < -0.3 is 14.8 Å². The number of hydrogen-bond acceptors (Lipinski definition) is 6. The average Bonchev–Trinajstić information content (AvgIpc) is 3.43. The lowest BCUT2D eigenvalue weighted by molar-refractivity contribution is -0.123. The fraction of sp³-hybridized carbons (Fsp3) is 0.320. The first-order valence-electron chi connectivity index (χ1n) is 11.1. The molecule has 1 atom stereocenters. The zero-order valence-corrected chi connectivity index (χ0v) is 21.1. The maximum Gasteiger partial charge on any atom is 0.266 e. The fourth-order valence-electron chi connectivity index (χ4n) is 3.69. The molecule has 0 saturated carbocycles. The summed E-state index contributed by atoms with van der Waals surface area (Å²) < 4.78 is 11.8. The third-order valence-electron chi connectivity index (χ3n) is 5.54. The third-order valence-corrected chi connectivity index (χ3v) is 7.22. The van der Waals surface area contributed by atoms with E-state index in [1.54, 1.807) is 29.2 Å². The Kier molecular flexibility index (Phi) is 8.26. The number of amides is 2. The van der Waals surface area contributed by atoms with Gasteiger partial charge >= 0.3 is 0 Å². The van der Waals surface area contributed by atoms with Gasteiger partial charge in [-0.05, 0) is 60.7 Å². The van der Waals surface area contributed by atoms with Gasteiger partial charge in [0.2, 0.25) is 0 Å². The Morgan fingerprint density at radius 1 is 1.32 bits per heavy atom. The van der Waals surface area contributed by atoms with Gasteiger partial charge in [0.15, 0.2) is 6.61 Å². The van der Waals surface area contributed by atoms with Crippen LogP contribution in [0.2, 0.25) is 5.02 Å². The van der Waals surface area contributed by atoms with E-state index in [-0.39, 0.29) is 24.5 Å². The minimum absolute atomic E-state index is 0.0423. The number of aryl methyl sites for hydroxylation is 1. The second-order valence-corrected chi connectivity index (χ2v) is 10.1. The first kappa shape index (κ1) is 24.7. The van der Waals surface area contributed by atoms with E-state index in [2.05, 4.69) is 12.2 Å². The summed E-state index contributed by atoms with van der Waals surface area (Å²) in [5.74, 6) is -0.00822. The Labute approximate surface area is 213 Å². The molecular weight excluding hydrogens is 492 g/mol. The number of ether oxygens (including phenoxy) is 2. The molecule has 2 heterocycles. The number of hydrogen-bond donors (Lipinski definition) is 1. The Morgan fingerprint density at radius 3 is 2.79 bits per heavy atom. The lowest BCUT2D eigenvalue weighted by Gasteiger charge is -2.18. The number of nitrogens with one attached hydrogen (secondary N) is 1. The number of carbonyl (C=O) groups excluding carboxylic acids is 2. The molecule has 0 bridgehead atoms. The lowest BCUT2D eigenvalue weighted by Crippen LogP contribution is -2.35. The van der Waals surface area contributed by atoms with Gasteiger partial charge in [-0.2, -0.15) is 0 Å². The number of anilines is 1. The highest BCUT2D eigenvalue weighted by Crippen LogP contribution is 2.34. The Balaban J connectivity index is 1.34. The summed E-state index contributed by atoms with van der Waals surface area (Å²) in [6.45, 7) is 3.13. The van der Waals surface area contributed by atoms with Crippen molar-refractivity contribution in [3.8, 4) is 5.75 Å². The van der Waals surface area contributed by atoms with Gasteiger partial charge in [-0.25, -0.2) is 0 Å². The van der Waals surface area contributed by atoms with E-state index in [0.717, 1.165) is 31.4 Å². The van der Waals surface area contributed by atoms with Gasteiger partial charge in [0.05, 0.1) is 22.6 Å². The predicted molar refractivity (Wildman–Crippen MR) is 140 cm³/mol. The molecule has 0 aromatic heterocycles. The van der Waals surface area contributed by atoms with Crippen molar-refractivity contribution in [3.63, 3.8) is 0 Å². The second-order valence-electron chi connectivity index (χ2n) is 8.00. The number of nitrogens with zero attached hydrogens (tertiary/aromatic N) is 1. The molecule has 0 radical (unpaired) electrons. The highest BCUT2D eigenvalue weighted by Gasteiger charge is 2.34. The van der Waals surface area contributed by atoms with Gasteiger partial charge in [-0.1, -0.05) is 60.7 Å². The van der Waals surface area contributed by atoms with Crippen LogP contribution in [-0.2, 0) is 20.7 Å². The minimum Gasteiger partial charge on any atom is -0.482 e. The van der Waals surface area contributed by atoms with Crippen molar-refractivity contribution in [3.05, 3.63) is 63.5 Å². The topological polar surface area (TPSA) is 67.9 Å². The number of halogens is 1. The molecule has 6 nitrogen and oxygen atoms in total. The number of carbonyl (C=O) groups is 2. The molecule has 0 unspecified atom stereocenters. The quantitative estimate of drug-likeness (QED) is 0.379. The van der Waals surface area contributed by atoms with Crippen molar-refractivity contribution in [2.75, 3.05) is 25.1 Å². The predicted octanol–water partition coefficient (Wildman–Crippen LogP) is 5.30. The summed E-state index contributed by atoms with van der Waals surface area (Å²) in [5, 5.41) is 3.15. The van der Waals surface area contributed by atoms with Crippen LogP contribution >= 0.6 is 35.6 Å².